The van der Waals surface area contributed by atoms with Crippen LogP contribution < -0.4 is 11.3 Å². The van der Waals surface area contributed by atoms with Gasteiger partial charge in [-0.05, 0) is 6.42 Å². The number of carboxylic acid groups (broad SMARTS) is 1. The maximum absolute atomic E-state index is 10.9. The first-order valence-electron chi connectivity index (χ1n) is 7.83. The minimum atomic E-state index is -2.09. The lowest BCUT2D eigenvalue weighted by Crippen LogP contribution is -2.28. The number of hydrogen-bond donors (Lipinski definition) is 1. The third kappa shape index (κ3) is 18.1. The Morgan fingerprint density at radius 1 is 0.739 bits per heavy atom. The van der Waals surface area contributed by atoms with Crippen LogP contribution in [0.4, 0.5) is 14.4 Å². The Kier molecular flexibility index (Phi) is 16.9. The van der Waals surface area contributed by atoms with E-state index in [1.54, 1.807) is 0 Å². The van der Waals surface area contributed by atoms with Crippen LogP contribution in [-0.2, 0) is 14.2 Å². The number of hydrogen-bond acceptors (Lipinski definition) is 7. The van der Waals surface area contributed by atoms with Crippen molar-refractivity contribution >= 4 is 18.5 Å². The number of unbranched alkanes of at least 4 members (excludes halogenated alkanes) is 9. The molecule has 0 spiro atoms. The second-order valence-electron chi connectivity index (χ2n) is 4.98. The van der Waals surface area contributed by atoms with Gasteiger partial charge in [-0.15, -0.1) is 0 Å². The normalized spacial score (nSPS) is 9.61. The van der Waals surface area contributed by atoms with Gasteiger partial charge in [0.2, 0.25) is 0 Å². The van der Waals surface area contributed by atoms with Crippen molar-refractivity contribution < 1.29 is 33.7 Å². The largest absolute Gasteiger partial charge is 0.517 e. The summed E-state index contributed by atoms with van der Waals surface area (Å²) in [7, 11) is 0. The van der Waals surface area contributed by atoms with Gasteiger partial charge >= 0.3 is 12.3 Å². The van der Waals surface area contributed by atoms with Crippen LogP contribution in [0, 0.1) is 0 Å². The monoisotopic (exact) mass is 335 g/mol. The Balaban J connectivity index is 0. The van der Waals surface area contributed by atoms with Gasteiger partial charge in [-0.25, -0.2) is 9.59 Å². The summed E-state index contributed by atoms with van der Waals surface area (Å²) in [6.07, 6.45) is 6.45. The van der Waals surface area contributed by atoms with Crippen LogP contribution in [0.25, 0.3) is 0 Å². The van der Waals surface area contributed by atoms with Gasteiger partial charge in [-0.1, -0.05) is 64.7 Å². The van der Waals surface area contributed by atoms with Crippen molar-refractivity contribution in [1.29, 1.82) is 0 Å². The molecule has 136 valence electrons. The molecule has 0 aliphatic carbocycles. The number of rotatable bonds is 11. The molecule has 0 aliphatic heterocycles. The number of carbonyl (C=O) groups excluding carboxylic acids is 3. The molecule has 23 heavy (non-hydrogen) atoms. The first-order valence-corrected chi connectivity index (χ1v) is 7.83. The summed E-state index contributed by atoms with van der Waals surface area (Å²) < 4.78 is 12.0. The van der Waals surface area contributed by atoms with Crippen molar-refractivity contribution in [2.24, 2.45) is 0 Å². The van der Waals surface area contributed by atoms with Crippen molar-refractivity contribution in [3.8, 4) is 0 Å². The molecule has 0 radical (unpaired) electrons. The van der Waals surface area contributed by atoms with E-state index in [4.69, 9.17) is 0 Å². The summed E-state index contributed by atoms with van der Waals surface area (Å²) in [4.78, 5) is 31.4. The number of carbonyl (C=O) groups is 3. The summed E-state index contributed by atoms with van der Waals surface area (Å²) in [6.45, 7) is 2.32. The van der Waals surface area contributed by atoms with Crippen LogP contribution in [0.2, 0.25) is 0 Å². The van der Waals surface area contributed by atoms with E-state index < -0.39 is 18.5 Å². The molecule has 0 aromatic rings. The van der Waals surface area contributed by atoms with E-state index in [1.165, 1.54) is 38.5 Å². The minimum Gasteiger partial charge on any atom is -0.452 e. The van der Waals surface area contributed by atoms with Crippen molar-refractivity contribution in [2.45, 2.75) is 71.1 Å². The lowest BCUT2D eigenvalue weighted by Gasteiger charge is -2.07. The van der Waals surface area contributed by atoms with Crippen molar-refractivity contribution in [3.05, 3.63) is 0 Å². The van der Waals surface area contributed by atoms with E-state index >= 15 is 0 Å². The smallest absolute Gasteiger partial charge is 0.452 e. The van der Waals surface area contributed by atoms with Crippen LogP contribution in [-0.4, -0.2) is 25.1 Å². The topological polar surface area (TPSA) is 138 Å². The molecule has 8 nitrogen and oxygen atoms in total. The van der Waals surface area contributed by atoms with Crippen LogP contribution in [0.15, 0.2) is 0 Å². The minimum absolute atomic E-state index is 0. The average molecular weight is 335 g/mol. The van der Waals surface area contributed by atoms with E-state index in [1.807, 2.05) is 0 Å². The zero-order valence-electron chi connectivity index (χ0n) is 14.1. The summed E-state index contributed by atoms with van der Waals surface area (Å²) in [6, 6.07) is 0. The second-order valence-corrected chi connectivity index (χ2v) is 4.98. The summed E-state index contributed by atoms with van der Waals surface area (Å²) >= 11 is 0. The molecule has 0 fully saturated rings. The first-order chi connectivity index (χ1) is 10.6. The maximum atomic E-state index is 10.9. The first kappa shape index (κ1) is 23.4. The molecule has 0 amide bonds. The molecular weight excluding hydrogens is 306 g/mol. The lowest BCUT2D eigenvalue weighted by molar-refractivity contribution is -0.276. The highest BCUT2D eigenvalue weighted by Crippen LogP contribution is 2.10. The van der Waals surface area contributed by atoms with Crippen LogP contribution in [0.5, 0.6) is 0 Å². The van der Waals surface area contributed by atoms with Crippen molar-refractivity contribution in [3.63, 3.8) is 0 Å². The highest BCUT2D eigenvalue weighted by atomic mass is 16.8. The zero-order chi connectivity index (χ0) is 16.6. The molecule has 0 bridgehead atoms. The Morgan fingerprint density at radius 2 is 1.22 bits per heavy atom. The predicted molar refractivity (Wildman–Crippen MR) is 82.1 cm³/mol. The molecular formula is C15H29NO7. The summed E-state index contributed by atoms with van der Waals surface area (Å²) in [5.74, 6) is 0. The van der Waals surface area contributed by atoms with E-state index in [9.17, 15) is 19.5 Å². The molecule has 8 heteroatoms. The zero-order valence-corrected chi connectivity index (χ0v) is 14.1. The summed E-state index contributed by atoms with van der Waals surface area (Å²) in [5, 5.41) is 9.86. The fourth-order valence-corrected chi connectivity index (χ4v) is 1.93. The molecule has 0 unspecified atom stereocenters. The lowest BCUT2D eigenvalue weighted by atomic mass is 10.1. The quantitative estimate of drug-likeness (QED) is 0.343. The molecule has 0 rings (SSSR count). The van der Waals surface area contributed by atoms with Gasteiger partial charge in [0.15, 0.2) is 0 Å². The van der Waals surface area contributed by atoms with Crippen molar-refractivity contribution in [1.82, 2.24) is 6.15 Å². The highest BCUT2D eigenvalue weighted by molar-refractivity contribution is 5.82. The molecule has 0 aliphatic rings. The average Bonchev–Trinajstić information content (AvgIpc) is 2.43. The van der Waals surface area contributed by atoms with E-state index in [-0.39, 0.29) is 12.8 Å². The van der Waals surface area contributed by atoms with E-state index in [0.717, 1.165) is 19.3 Å². The fourth-order valence-electron chi connectivity index (χ4n) is 1.93. The van der Waals surface area contributed by atoms with Crippen LogP contribution in [0.1, 0.15) is 71.1 Å². The molecule has 0 aromatic heterocycles. The molecule has 4 N–H and O–H groups in total. The van der Waals surface area contributed by atoms with Gasteiger partial charge in [-0.2, -0.15) is 0 Å². The van der Waals surface area contributed by atoms with Gasteiger partial charge < -0.3 is 30.3 Å². The maximum Gasteiger partial charge on any atom is 0.517 e. The number of quaternary nitrogens is 1. The van der Waals surface area contributed by atoms with Gasteiger partial charge in [0.05, 0.1) is 6.61 Å². The Labute approximate surface area is 137 Å². The third-order valence-corrected chi connectivity index (χ3v) is 3.05. The van der Waals surface area contributed by atoms with Crippen LogP contribution >= 0.6 is 0 Å². The molecule has 0 saturated carbocycles. The van der Waals surface area contributed by atoms with Gasteiger partial charge in [0, 0.05) is 0 Å². The van der Waals surface area contributed by atoms with E-state index in [0.29, 0.717) is 6.42 Å². The van der Waals surface area contributed by atoms with E-state index in [2.05, 4.69) is 21.1 Å². The SMILES string of the molecule is CCCCCCCCCCCCOC(=O)OC(=O)OC(=O)[O-].[NH4+]. The standard InChI is InChI=1S/C15H26O7.H3N/c1-2-3-4-5-6-7-8-9-10-11-12-20-14(18)22-15(19)21-13(16)17;/h2-12H2,1H3,(H,16,17);1H3. The molecule has 0 atom stereocenters. The van der Waals surface area contributed by atoms with Gasteiger partial charge in [0.1, 0.15) is 0 Å². The Bertz CT molecular complexity index is 334. The number of ether oxygens (including phenoxy) is 3. The molecule has 0 saturated heterocycles. The Morgan fingerprint density at radius 3 is 1.70 bits per heavy atom. The van der Waals surface area contributed by atoms with Crippen molar-refractivity contribution in [2.75, 3.05) is 6.61 Å². The van der Waals surface area contributed by atoms with Crippen LogP contribution in [0.3, 0.4) is 0 Å². The molecule has 0 aromatic carbocycles. The third-order valence-electron chi connectivity index (χ3n) is 3.05. The second kappa shape index (κ2) is 16.5. The van der Waals surface area contributed by atoms with Gasteiger partial charge in [0.25, 0.3) is 6.16 Å². The molecule has 0 heterocycles. The fraction of sp³-hybridized carbons (Fsp3) is 0.800. The predicted octanol–water partition coefficient (Wildman–Crippen LogP) is 3.92. The van der Waals surface area contributed by atoms with Gasteiger partial charge in [-0.3, -0.25) is 0 Å². The highest BCUT2D eigenvalue weighted by Gasteiger charge is 2.10. The summed E-state index contributed by atoms with van der Waals surface area (Å²) in [5.41, 5.74) is 0. The Hall–Kier alpha value is -1.83.